The Morgan fingerprint density at radius 3 is 2.36 bits per heavy atom. The molecule has 6 nitrogen and oxygen atoms in total. The van der Waals surface area contributed by atoms with E-state index in [0.717, 1.165) is 54.5 Å². The largest absolute Gasteiger partial charge is 0.368 e. The quantitative estimate of drug-likeness (QED) is 0.539. The number of fused-ring (bicyclic) bond motifs is 3. The van der Waals surface area contributed by atoms with Crippen LogP contribution in [0.2, 0.25) is 0 Å². The molecule has 1 fully saturated rings. The minimum Gasteiger partial charge on any atom is -0.368 e. The van der Waals surface area contributed by atoms with Crippen LogP contribution in [0, 0.1) is 20.8 Å². The van der Waals surface area contributed by atoms with Crippen LogP contribution in [0.5, 0.6) is 0 Å². The highest BCUT2D eigenvalue weighted by molar-refractivity contribution is 5.92. The summed E-state index contributed by atoms with van der Waals surface area (Å²) in [4.78, 5) is 9.81. The average molecular weight is 372 g/mol. The van der Waals surface area contributed by atoms with Gasteiger partial charge in [-0.3, -0.25) is 0 Å². The zero-order valence-electron chi connectivity index (χ0n) is 16.6. The third-order valence-electron chi connectivity index (χ3n) is 5.65. The van der Waals surface area contributed by atoms with Crippen molar-refractivity contribution in [1.82, 2.24) is 19.6 Å². The number of anilines is 2. The second kappa shape index (κ2) is 6.48. The maximum Gasteiger partial charge on any atom is 0.213 e. The van der Waals surface area contributed by atoms with E-state index in [1.165, 1.54) is 16.8 Å². The van der Waals surface area contributed by atoms with Gasteiger partial charge in [0, 0.05) is 37.3 Å². The molecule has 0 N–H and O–H groups in total. The molecule has 28 heavy (non-hydrogen) atoms. The van der Waals surface area contributed by atoms with Crippen LogP contribution in [0.1, 0.15) is 17.0 Å². The van der Waals surface area contributed by atoms with Gasteiger partial charge in [0.05, 0.1) is 5.52 Å². The normalized spacial score (nSPS) is 15.0. The zero-order chi connectivity index (χ0) is 19.3. The molecule has 4 aromatic rings. The predicted octanol–water partition coefficient (Wildman–Crippen LogP) is 3.53. The first-order chi connectivity index (χ1) is 13.6. The summed E-state index contributed by atoms with van der Waals surface area (Å²) in [6.07, 6.45) is 0. The molecule has 1 aliphatic heterocycles. The summed E-state index contributed by atoms with van der Waals surface area (Å²) >= 11 is 0. The Bertz CT molecular complexity index is 1170. The Balaban J connectivity index is 1.49. The van der Waals surface area contributed by atoms with E-state index < -0.39 is 0 Å². The standard InChI is InChI=1S/C22H24N6/c1-15-8-9-20(16(2)14-15)26-10-12-27(13-11-26)22-23-19-7-5-4-6-18(19)21-25-24-17(3)28(21)22/h4-9,14H,10-13H2,1-3H3. The highest BCUT2D eigenvalue weighted by atomic mass is 15.4. The number of rotatable bonds is 2. The van der Waals surface area contributed by atoms with Gasteiger partial charge in [-0.15, -0.1) is 10.2 Å². The summed E-state index contributed by atoms with van der Waals surface area (Å²) in [7, 11) is 0. The van der Waals surface area contributed by atoms with Gasteiger partial charge in [0.2, 0.25) is 5.95 Å². The van der Waals surface area contributed by atoms with Crippen LogP contribution < -0.4 is 9.80 Å². The van der Waals surface area contributed by atoms with Gasteiger partial charge in [-0.1, -0.05) is 29.8 Å². The van der Waals surface area contributed by atoms with E-state index in [4.69, 9.17) is 4.98 Å². The fraction of sp³-hybridized carbons (Fsp3) is 0.318. The first-order valence-electron chi connectivity index (χ1n) is 9.79. The van der Waals surface area contributed by atoms with Gasteiger partial charge in [0.25, 0.3) is 0 Å². The zero-order valence-corrected chi connectivity index (χ0v) is 16.6. The van der Waals surface area contributed by atoms with E-state index in [1.807, 2.05) is 19.1 Å². The molecular weight excluding hydrogens is 348 g/mol. The van der Waals surface area contributed by atoms with E-state index in [9.17, 15) is 0 Å². The molecule has 1 aliphatic rings. The smallest absolute Gasteiger partial charge is 0.213 e. The second-order valence-electron chi connectivity index (χ2n) is 7.60. The molecule has 0 spiro atoms. The van der Waals surface area contributed by atoms with Crippen molar-refractivity contribution in [2.75, 3.05) is 36.0 Å². The summed E-state index contributed by atoms with van der Waals surface area (Å²) in [5.41, 5.74) is 5.84. The Labute approximate surface area is 164 Å². The van der Waals surface area contributed by atoms with Gasteiger partial charge >= 0.3 is 0 Å². The number of nitrogens with zero attached hydrogens (tertiary/aromatic N) is 6. The van der Waals surface area contributed by atoms with Crippen LogP contribution in [0.4, 0.5) is 11.6 Å². The van der Waals surface area contributed by atoms with Gasteiger partial charge < -0.3 is 9.80 Å². The third-order valence-corrected chi connectivity index (χ3v) is 5.65. The Morgan fingerprint density at radius 2 is 1.57 bits per heavy atom. The Hall–Kier alpha value is -3.15. The van der Waals surface area contributed by atoms with Gasteiger partial charge in [-0.25, -0.2) is 9.38 Å². The van der Waals surface area contributed by atoms with Crippen molar-refractivity contribution in [1.29, 1.82) is 0 Å². The summed E-state index contributed by atoms with van der Waals surface area (Å²) in [6, 6.07) is 14.9. The lowest BCUT2D eigenvalue weighted by atomic mass is 10.1. The van der Waals surface area contributed by atoms with E-state index in [2.05, 4.69) is 68.6 Å². The van der Waals surface area contributed by atoms with Crippen LogP contribution >= 0.6 is 0 Å². The molecule has 0 amide bonds. The molecule has 0 atom stereocenters. The second-order valence-corrected chi connectivity index (χ2v) is 7.60. The van der Waals surface area contributed by atoms with Gasteiger partial charge in [-0.05, 0) is 44.5 Å². The SMILES string of the molecule is Cc1ccc(N2CCN(c3nc4ccccc4c4nnc(C)n34)CC2)c(C)c1. The van der Waals surface area contributed by atoms with E-state index >= 15 is 0 Å². The lowest BCUT2D eigenvalue weighted by Crippen LogP contribution is -2.47. The van der Waals surface area contributed by atoms with Crippen LogP contribution in [0.15, 0.2) is 42.5 Å². The van der Waals surface area contributed by atoms with Crippen molar-refractivity contribution < 1.29 is 0 Å². The molecular formula is C22H24N6. The third kappa shape index (κ3) is 2.68. The van der Waals surface area contributed by atoms with Crippen molar-refractivity contribution in [3.8, 4) is 0 Å². The maximum atomic E-state index is 4.98. The molecule has 2 aromatic carbocycles. The van der Waals surface area contributed by atoms with Gasteiger partial charge in [0.1, 0.15) is 5.82 Å². The van der Waals surface area contributed by atoms with Crippen LogP contribution in [-0.4, -0.2) is 45.8 Å². The van der Waals surface area contributed by atoms with Crippen molar-refractivity contribution in [3.63, 3.8) is 0 Å². The molecule has 0 unspecified atom stereocenters. The highest BCUT2D eigenvalue weighted by Crippen LogP contribution is 2.27. The summed E-state index contributed by atoms with van der Waals surface area (Å²) < 4.78 is 2.09. The maximum absolute atomic E-state index is 4.98. The van der Waals surface area contributed by atoms with Gasteiger partial charge in [0.15, 0.2) is 5.65 Å². The molecule has 0 bridgehead atoms. The van der Waals surface area contributed by atoms with E-state index in [0.29, 0.717) is 0 Å². The number of para-hydroxylation sites is 1. The number of piperazine rings is 1. The van der Waals surface area contributed by atoms with Crippen LogP contribution in [0.3, 0.4) is 0 Å². The number of hydrogen-bond donors (Lipinski definition) is 0. The molecule has 0 radical (unpaired) electrons. The predicted molar refractivity (Wildman–Crippen MR) is 113 cm³/mol. The minimum atomic E-state index is 0.875. The lowest BCUT2D eigenvalue weighted by molar-refractivity contribution is 0.635. The fourth-order valence-electron chi connectivity index (χ4n) is 4.21. The summed E-state index contributed by atoms with van der Waals surface area (Å²) in [5.74, 6) is 1.82. The first-order valence-corrected chi connectivity index (χ1v) is 9.79. The molecule has 142 valence electrons. The molecule has 2 aromatic heterocycles. The van der Waals surface area contributed by atoms with Crippen molar-refractivity contribution in [2.45, 2.75) is 20.8 Å². The lowest BCUT2D eigenvalue weighted by Gasteiger charge is -2.37. The summed E-state index contributed by atoms with van der Waals surface area (Å²) in [6.45, 7) is 10.1. The highest BCUT2D eigenvalue weighted by Gasteiger charge is 2.23. The number of aryl methyl sites for hydroxylation is 3. The molecule has 0 saturated carbocycles. The van der Waals surface area contributed by atoms with E-state index in [-0.39, 0.29) is 0 Å². The molecule has 5 rings (SSSR count). The number of hydrogen-bond acceptors (Lipinski definition) is 5. The minimum absolute atomic E-state index is 0.875. The van der Waals surface area contributed by atoms with Crippen molar-refractivity contribution in [3.05, 3.63) is 59.4 Å². The Morgan fingerprint density at radius 1 is 0.821 bits per heavy atom. The molecule has 1 saturated heterocycles. The van der Waals surface area contributed by atoms with Crippen molar-refractivity contribution in [2.24, 2.45) is 0 Å². The van der Waals surface area contributed by atoms with Crippen molar-refractivity contribution >= 4 is 28.2 Å². The fourth-order valence-corrected chi connectivity index (χ4v) is 4.21. The number of aromatic nitrogens is 4. The van der Waals surface area contributed by atoms with E-state index in [1.54, 1.807) is 0 Å². The monoisotopic (exact) mass is 372 g/mol. The average Bonchev–Trinajstić information content (AvgIpc) is 3.10. The van der Waals surface area contributed by atoms with Gasteiger partial charge in [-0.2, -0.15) is 0 Å². The molecule has 3 heterocycles. The topological polar surface area (TPSA) is 49.6 Å². The summed E-state index contributed by atoms with van der Waals surface area (Å²) in [5, 5.41) is 9.78. The number of benzene rings is 2. The Kier molecular flexibility index (Phi) is 3.93. The first kappa shape index (κ1) is 17.0. The molecule has 0 aliphatic carbocycles. The molecule has 6 heteroatoms. The van der Waals surface area contributed by atoms with Crippen LogP contribution in [0.25, 0.3) is 16.6 Å². The van der Waals surface area contributed by atoms with Crippen LogP contribution in [-0.2, 0) is 0 Å².